The number of rotatable bonds is 7. The van der Waals surface area contributed by atoms with Gasteiger partial charge in [0.05, 0.1) is 0 Å². The van der Waals surface area contributed by atoms with Crippen molar-refractivity contribution in [3.05, 3.63) is 119 Å². The molecule has 4 rings (SSSR count). The molecule has 0 aliphatic heterocycles. The van der Waals surface area contributed by atoms with E-state index < -0.39 is 11.6 Å². The van der Waals surface area contributed by atoms with E-state index in [0.29, 0.717) is 24.3 Å². The van der Waals surface area contributed by atoms with Crippen LogP contribution in [0.15, 0.2) is 91.0 Å². The summed E-state index contributed by atoms with van der Waals surface area (Å²) in [5.74, 6) is -0.469. The summed E-state index contributed by atoms with van der Waals surface area (Å²) in [6, 6.07) is 29.9. The van der Waals surface area contributed by atoms with E-state index in [0.717, 1.165) is 23.1 Å². The highest BCUT2D eigenvalue weighted by molar-refractivity contribution is 5.70. The van der Waals surface area contributed by atoms with Gasteiger partial charge in [-0.25, -0.2) is 8.78 Å². The Balaban J connectivity index is 1.48. The molecule has 0 heterocycles. The topological polar surface area (TPSA) is 0 Å². The van der Waals surface area contributed by atoms with Crippen molar-refractivity contribution < 1.29 is 8.78 Å². The van der Waals surface area contributed by atoms with Crippen LogP contribution in [0.2, 0.25) is 0 Å². The second kappa shape index (κ2) is 9.91. The van der Waals surface area contributed by atoms with Crippen LogP contribution in [0.25, 0.3) is 22.3 Å². The van der Waals surface area contributed by atoms with Crippen molar-refractivity contribution in [1.82, 2.24) is 0 Å². The van der Waals surface area contributed by atoms with E-state index in [-0.39, 0.29) is 5.56 Å². The molecular weight excluding hydrogens is 398 g/mol. The van der Waals surface area contributed by atoms with Gasteiger partial charge >= 0.3 is 0 Å². The standard InChI is InChI=1S/C30H28F2/c1-3-7-28-29(31)19-27(20-30(28)32)26-16-14-25(15-17-26)24-12-10-22(11-13-24)18-21(2)23-8-5-4-6-9-23/h4-6,8-17,19-21H,3,7,18H2,1-2H3/t21-/m1/s1. The van der Waals surface area contributed by atoms with Crippen molar-refractivity contribution in [3.8, 4) is 22.3 Å². The first-order chi connectivity index (χ1) is 15.5. The lowest BCUT2D eigenvalue weighted by Gasteiger charge is -2.12. The van der Waals surface area contributed by atoms with Crippen LogP contribution in [0, 0.1) is 11.6 Å². The van der Waals surface area contributed by atoms with Crippen molar-refractivity contribution in [2.24, 2.45) is 0 Å². The van der Waals surface area contributed by atoms with Crippen molar-refractivity contribution >= 4 is 0 Å². The average Bonchev–Trinajstić information content (AvgIpc) is 2.82. The van der Waals surface area contributed by atoms with Gasteiger partial charge < -0.3 is 0 Å². The maximum absolute atomic E-state index is 14.3. The molecule has 0 nitrogen and oxygen atoms in total. The van der Waals surface area contributed by atoms with E-state index in [1.807, 2.05) is 37.3 Å². The summed E-state index contributed by atoms with van der Waals surface area (Å²) in [6.07, 6.45) is 2.12. The molecule has 32 heavy (non-hydrogen) atoms. The number of benzene rings is 4. The highest BCUT2D eigenvalue weighted by atomic mass is 19.1. The van der Waals surface area contributed by atoms with Crippen LogP contribution < -0.4 is 0 Å². The maximum atomic E-state index is 14.3. The Morgan fingerprint density at radius 3 is 1.69 bits per heavy atom. The zero-order chi connectivity index (χ0) is 22.5. The monoisotopic (exact) mass is 426 g/mol. The van der Waals surface area contributed by atoms with Gasteiger partial charge in [-0.15, -0.1) is 0 Å². The minimum atomic E-state index is -0.466. The van der Waals surface area contributed by atoms with Crippen molar-refractivity contribution in [3.63, 3.8) is 0 Å². The van der Waals surface area contributed by atoms with Gasteiger partial charge in [-0.05, 0) is 64.3 Å². The molecule has 0 saturated carbocycles. The van der Waals surface area contributed by atoms with Crippen molar-refractivity contribution in [1.29, 1.82) is 0 Å². The Morgan fingerprint density at radius 2 is 1.16 bits per heavy atom. The van der Waals surface area contributed by atoms with E-state index in [2.05, 4.69) is 55.5 Å². The molecule has 0 bridgehead atoms. The fourth-order valence-corrected chi connectivity index (χ4v) is 4.20. The van der Waals surface area contributed by atoms with Gasteiger partial charge in [0.2, 0.25) is 0 Å². The van der Waals surface area contributed by atoms with Crippen LogP contribution in [0.5, 0.6) is 0 Å². The average molecular weight is 427 g/mol. The molecule has 0 aromatic heterocycles. The van der Waals surface area contributed by atoms with Crippen molar-refractivity contribution in [2.75, 3.05) is 0 Å². The molecule has 0 spiro atoms. The Hall–Kier alpha value is -3.26. The van der Waals surface area contributed by atoms with Gasteiger partial charge in [0, 0.05) is 5.56 Å². The van der Waals surface area contributed by atoms with Gasteiger partial charge in [-0.2, -0.15) is 0 Å². The number of halogens is 2. The molecule has 4 aromatic rings. The van der Waals surface area contributed by atoms with E-state index in [1.165, 1.54) is 23.3 Å². The zero-order valence-electron chi connectivity index (χ0n) is 18.6. The third-order valence-corrected chi connectivity index (χ3v) is 6.06. The van der Waals surface area contributed by atoms with E-state index in [4.69, 9.17) is 0 Å². The third kappa shape index (κ3) is 4.96. The van der Waals surface area contributed by atoms with Crippen LogP contribution in [0.1, 0.15) is 42.9 Å². The van der Waals surface area contributed by atoms with Crippen LogP contribution in [0.3, 0.4) is 0 Å². The SMILES string of the molecule is CCCc1c(F)cc(-c2ccc(-c3ccc(C[C@@H](C)c4ccccc4)cc3)cc2)cc1F. The third-order valence-electron chi connectivity index (χ3n) is 6.06. The second-order valence-corrected chi connectivity index (χ2v) is 8.46. The molecule has 0 saturated heterocycles. The van der Waals surface area contributed by atoms with E-state index >= 15 is 0 Å². The molecule has 4 aromatic carbocycles. The summed E-state index contributed by atoms with van der Waals surface area (Å²) in [7, 11) is 0. The summed E-state index contributed by atoms with van der Waals surface area (Å²) < 4.78 is 28.6. The molecule has 2 heteroatoms. The van der Waals surface area contributed by atoms with Crippen molar-refractivity contribution in [2.45, 2.75) is 39.0 Å². The van der Waals surface area contributed by atoms with Gasteiger partial charge in [-0.3, -0.25) is 0 Å². The van der Waals surface area contributed by atoms with Gasteiger partial charge in [0.15, 0.2) is 0 Å². The summed E-state index contributed by atoms with van der Waals surface area (Å²) in [4.78, 5) is 0. The summed E-state index contributed by atoms with van der Waals surface area (Å²) in [5.41, 5.74) is 6.42. The lowest BCUT2D eigenvalue weighted by molar-refractivity contribution is 0.554. The molecule has 0 aliphatic rings. The minimum Gasteiger partial charge on any atom is -0.207 e. The smallest absolute Gasteiger partial charge is 0.129 e. The molecule has 0 radical (unpaired) electrons. The van der Waals surface area contributed by atoms with Gasteiger partial charge in [-0.1, -0.05) is 99.1 Å². The van der Waals surface area contributed by atoms with Crippen LogP contribution >= 0.6 is 0 Å². The second-order valence-electron chi connectivity index (χ2n) is 8.46. The largest absolute Gasteiger partial charge is 0.207 e. The lowest BCUT2D eigenvalue weighted by atomic mass is 9.92. The predicted molar refractivity (Wildman–Crippen MR) is 130 cm³/mol. The molecule has 0 aliphatic carbocycles. The first-order valence-electron chi connectivity index (χ1n) is 11.3. The predicted octanol–water partition coefficient (Wildman–Crippen LogP) is 8.60. The fraction of sp³-hybridized carbons (Fsp3) is 0.200. The number of hydrogen-bond acceptors (Lipinski definition) is 0. The normalized spacial score (nSPS) is 12.0. The first-order valence-corrected chi connectivity index (χ1v) is 11.3. The molecule has 1 atom stereocenters. The quantitative estimate of drug-likeness (QED) is 0.277. The summed E-state index contributed by atoms with van der Waals surface area (Å²) >= 11 is 0. The Labute approximate surface area is 189 Å². The van der Waals surface area contributed by atoms with Gasteiger partial charge in [0.1, 0.15) is 11.6 Å². The molecule has 0 unspecified atom stereocenters. The number of hydrogen-bond donors (Lipinski definition) is 0. The molecular formula is C30H28F2. The lowest BCUT2D eigenvalue weighted by Crippen LogP contribution is -1.98. The molecule has 0 N–H and O–H groups in total. The summed E-state index contributed by atoms with van der Waals surface area (Å²) in [5, 5.41) is 0. The maximum Gasteiger partial charge on any atom is 0.129 e. The van der Waals surface area contributed by atoms with Crippen LogP contribution in [-0.4, -0.2) is 0 Å². The first kappa shape index (κ1) is 22.0. The summed E-state index contributed by atoms with van der Waals surface area (Å²) in [6.45, 7) is 4.17. The fourth-order valence-electron chi connectivity index (χ4n) is 4.20. The van der Waals surface area contributed by atoms with Gasteiger partial charge in [0.25, 0.3) is 0 Å². The Morgan fingerprint density at radius 1 is 0.656 bits per heavy atom. The van der Waals surface area contributed by atoms with Crippen LogP contribution in [-0.2, 0) is 12.8 Å². The van der Waals surface area contributed by atoms with E-state index in [1.54, 1.807) is 0 Å². The molecule has 162 valence electrons. The molecule has 0 fully saturated rings. The zero-order valence-corrected chi connectivity index (χ0v) is 18.6. The molecule has 0 amide bonds. The Bertz CT molecular complexity index is 1140. The Kier molecular flexibility index (Phi) is 6.80. The highest BCUT2D eigenvalue weighted by Gasteiger charge is 2.12. The highest BCUT2D eigenvalue weighted by Crippen LogP contribution is 2.29. The van der Waals surface area contributed by atoms with Crippen LogP contribution in [0.4, 0.5) is 8.78 Å². The van der Waals surface area contributed by atoms with E-state index in [9.17, 15) is 8.78 Å². The minimum absolute atomic E-state index is 0.176.